The molecule has 0 aliphatic heterocycles. The predicted molar refractivity (Wildman–Crippen MR) is 160 cm³/mol. The molecule has 0 aliphatic rings. The van der Waals surface area contributed by atoms with Gasteiger partial charge in [0.25, 0.3) is 0 Å². The van der Waals surface area contributed by atoms with Crippen molar-refractivity contribution in [2.75, 3.05) is 44.8 Å². The molecule has 0 saturated heterocycles. The Labute approximate surface area is 247 Å². The largest absolute Gasteiger partial charge is 0.493 e. The predicted octanol–water partition coefficient (Wildman–Crippen LogP) is 4.13. The molecule has 0 radical (unpaired) electrons. The van der Waals surface area contributed by atoms with E-state index in [0.29, 0.717) is 22.5 Å². The Morgan fingerprint density at radius 2 is 1.57 bits per heavy atom. The molecule has 1 unspecified atom stereocenters. The van der Waals surface area contributed by atoms with Gasteiger partial charge in [-0.05, 0) is 60.4 Å². The zero-order valence-corrected chi connectivity index (χ0v) is 24.4. The summed E-state index contributed by atoms with van der Waals surface area (Å²) in [4.78, 5) is 47.6. The third kappa shape index (κ3) is 10.6. The highest BCUT2D eigenvalue weighted by Gasteiger charge is 2.22. The van der Waals surface area contributed by atoms with Crippen LogP contribution in [0.15, 0.2) is 71.6 Å². The normalized spacial score (nSPS) is 10.7. The van der Waals surface area contributed by atoms with Gasteiger partial charge in [0, 0.05) is 21.8 Å². The molecular weight excluding hydrogens is 564 g/mol. The van der Waals surface area contributed by atoms with E-state index in [-0.39, 0.29) is 13.0 Å². The fourth-order valence-electron chi connectivity index (χ4n) is 3.66. The lowest BCUT2D eigenvalue weighted by Gasteiger charge is -2.21. The summed E-state index contributed by atoms with van der Waals surface area (Å²) >= 11 is 1.38. The summed E-state index contributed by atoms with van der Waals surface area (Å²) in [5.74, 6) is -0.616. The van der Waals surface area contributed by atoms with Crippen LogP contribution in [-0.4, -0.2) is 63.1 Å². The SMILES string of the molecule is COC(=O)Nc1ccc(SC)c(C(CC(=O)O)NC(=O)CNc2cccc(C(N)=O)c2)c1.COc1ccccc1OC. The minimum Gasteiger partial charge on any atom is -0.493 e. The van der Waals surface area contributed by atoms with E-state index in [1.807, 2.05) is 30.5 Å². The topological polar surface area (TPSA) is 178 Å². The van der Waals surface area contributed by atoms with Gasteiger partial charge in [-0.15, -0.1) is 11.8 Å². The van der Waals surface area contributed by atoms with Crippen molar-refractivity contribution in [1.82, 2.24) is 5.32 Å². The molecule has 0 heterocycles. The van der Waals surface area contributed by atoms with E-state index < -0.39 is 29.9 Å². The summed E-state index contributed by atoms with van der Waals surface area (Å²) < 4.78 is 14.6. The molecule has 224 valence electrons. The number of benzene rings is 3. The van der Waals surface area contributed by atoms with E-state index in [0.717, 1.165) is 16.4 Å². The van der Waals surface area contributed by atoms with Crippen molar-refractivity contribution in [2.24, 2.45) is 5.73 Å². The van der Waals surface area contributed by atoms with Crippen LogP contribution in [0.1, 0.15) is 28.4 Å². The van der Waals surface area contributed by atoms with Crippen LogP contribution in [0.3, 0.4) is 0 Å². The number of primary amides is 1. The first-order valence-corrected chi connectivity index (χ1v) is 13.7. The number of para-hydroxylation sites is 2. The Kier molecular flexibility index (Phi) is 13.5. The van der Waals surface area contributed by atoms with Crippen LogP contribution >= 0.6 is 11.8 Å². The summed E-state index contributed by atoms with van der Waals surface area (Å²) in [5, 5.41) is 17.5. The number of nitrogens with one attached hydrogen (secondary N) is 3. The molecule has 0 saturated carbocycles. The van der Waals surface area contributed by atoms with Gasteiger partial charge in [-0.3, -0.25) is 19.7 Å². The Hall–Kier alpha value is -4.91. The number of thioether (sulfide) groups is 1. The van der Waals surface area contributed by atoms with Crippen molar-refractivity contribution in [1.29, 1.82) is 0 Å². The van der Waals surface area contributed by atoms with E-state index >= 15 is 0 Å². The van der Waals surface area contributed by atoms with Gasteiger partial charge in [0.2, 0.25) is 11.8 Å². The minimum absolute atomic E-state index is 0.160. The summed E-state index contributed by atoms with van der Waals surface area (Å²) in [6.45, 7) is -0.160. The van der Waals surface area contributed by atoms with Gasteiger partial charge in [0.1, 0.15) is 0 Å². The van der Waals surface area contributed by atoms with Crippen LogP contribution < -0.4 is 31.2 Å². The third-order valence-corrected chi connectivity index (χ3v) is 6.45. The lowest BCUT2D eigenvalue weighted by atomic mass is 10.0. The molecule has 0 spiro atoms. The molecule has 3 rings (SSSR count). The number of amides is 3. The molecule has 42 heavy (non-hydrogen) atoms. The molecule has 0 aromatic heterocycles. The van der Waals surface area contributed by atoms with Crippen molar-refractivity contribution >= 4 is 47.0 Å². The number of carboxylic acids is 1. The molecule has 6 N–H and O–H groups in total. The Morgan fingerprint density at radius 1 is 0.905 bits per heavy atom. The quantitative estimate of drug-likeness (QED) is 0.190. The van der Waals surface area contributed by atoms with E-state index in [2.05, 4.69) is 20.7 Å². The maximum Gasteiger partial charge on any atom is 0.411 e. The van der Waals surface area contributed by atoms with Crippen molar-refractivity contribution in [3.63, 3.8) is 0 Å². The van der Waals surface area contributed by atoms with Crippen molar-refractivity contribution < 1.29 is 38.5 Å². The lowest BCUT2D eigenvalue weighted by Crippen LogP contribution is -2.34. The molecule has 0 aliphatic carbocycles. The summed E-state index contributed by atoms with van der Waals surface area (Å²) in [6, 6.07) is 18.0. The van der Waals surface area contributed by atoms with E-state index in [1.165, 1.54) is 24.9 Å². The molecule has 3 aromatic carbocycles. The number of rotatable bonds is 12. The number of ether oxygens (including phenoxy) is 3. The average molecular weight is 599 g/mol. The first-order valence-electron chi connectivity index (χ1n) is 12.5. The fourth-order valence-corrected chi connectivity index (χ4v) is 4.31. The number of anilines is 2. The van der Waals surface area contributed by atoms with Gasteiger partial charge in [0.15, 0.2) is 11.5 Å². The first kappa shape index (κ1) is 33.3. The van der Waals surface area contributed by atoms with E-state index in [4.69, 9.17) is 15.2 Å². The second-order valence-corrected chi connectivity index (χ2v) is 9.29. The van der Waals surface area contributed by atoms with Crippen molar-refractivity contribution in [3.05, 3.63) is 77.9 Å². The van der Waals surface area contributed by atoms with Crippen molar-refractivity contribution in [3.8, 4) is 11.5 Å². The van der Waals surface area contributed by atoms with Gasteiger partial charge in [-0.1, -0.05) is 18.2 Å². The van der Waals surface area contributed by atoms with Gasteiger partial charge < -0.3 is 35.7 Å². The van der Waals surface area contributed by atoms with Crippen LogP contribution in [0, 0.1) is 0 Å². The third-order valence-electron chi connectivity index (χ3n) is 5.64. The Balaban J connectivity index is 0.000000518. The molecule has 3 aromatic rings. The average Bonchev–Trinajstić information content (AvgIpc) is 2.99. The number of nitrogens with two attached hydrogens (primary N) is 1. The van der Waals surface area contributed by atoms with Crippen LogP contribution in [0.2, 0.25) is 0 Å². The van der Waals surface area contributed by atoms with Gasteiger partial charge in [-0.25, -0.2) is 4.79 Å². The maximum absolute atomic E-state index is 12.6. The lowest BCUT2D eigenvalue weighted by molar-refractivity contribution is -0.137. The second kappa shape index (κ2) is 17.0. The number of hydrogen-bond acceptors (Lipinski definition) is 9. The molecule has 0 bridgehead atoms. The van der Waals surface area contributed by atoms with Gasteiger partial charge in [0.05, 0.1) is 40.3 Å². The molecule has 12 nitrogen and oxygen atoms in total. The number of carbonyl (C=O) groups is 4. The molecule has 3 amide bonds. The number of carboxylic acid groups (broad SMARTS) is 1. The number of aliphatic carboxylic acids is 1. The Morgan fingerprint density at radius 3 is 2.12 bits per heavy atom. The van der Waals surface area contributed by atoms with Crippen LogP contribution in [-0.2, 0) is 14.3 Å². The number of hydrogen-bond donors (Lipinski definition) is 5. The van der Waals surface area contributed by atoms with E-state index in [1.54, 1.807) is 50.6 Å². The molecule has 1 atom stereocenters. The highest BCUT2D eigenvalue weighted by atomic mass is 32.2. The molecule has 13 heteroatoms. The smallest absolute Gasteiger partial charge is 0.411 e. The number of carbonyl (C=O) groups excluding carboxylic acids is 3. The first-order chi connectivity index (χ1) is 20.1. The van der Waals surface area contributed by atoms with Gasteiger partial charge in [-0.2, -0.15) is 0 Å². The maximum atomic E-state index is 12.6. The molecular formula is C29H34N4O8S. The molecule has 0 fully saturated rings. The standard InChI is InChI=1S/C21H24N4O6S.C8H10O2/c1-31-21(30)24-14-6-7-17(32-2)15(9-14)16(10-19(27)28)25-18(26)11-23-13-5-3-4-12(8-13)20(22)29;1-9-7-5-3-4-6-8(7)10-2/h3-9,16,23H,10-11H2,1-2H3,(H2,22,29)(H,24,30)(H,25,26)(H,27,28);3-6H,1-2H3. The zero-order chi connectivity index (χ0) is 31.1. The van der Waals surface area contributed by atoms with Crippen LogP contribution in [0.4, 0.5) is 16.2 Å². The van der Waals surface area contributed by atoms with E-state index in [9.17, 15) is 24.3 Å². The summed E-state index contributed by atoms with van der Waals surface area (Å²) in [6.07, 6.45) is 0.783. The van der Waals surface area contributed by atoms with Crippen LogP contribution in [0.25, 0.3) is 0 Å². The minimum atomic E-state index is -1.10. The van der Waals surface area contributed by atoms with Gasteiger partial charge >= 0.3 is 12.1 Å². The zero-order valence-electron chi connectivity index (χ0n) is 23.6. The highest BCUT2D eigenvalue weighted by molar-refractivity contribution is 7.98. The monoisotopic (exact) mass is 598 g/mol. The summed E-state index contributed by atoms with van der Waals surface area (Å²) in [5.41, 5.74) is 7.00. The van der Waals surface area contributed by atoms with Crippen LogP contribution in [0.5, 0.6) is 11.5 Å². The Bertz CT molecular complexity index is 1360. The number of methoxy groups -OCH3 is 3. The second-order valence-electron chi connectivity index (χ2n) is 8.44. The highest BCUT2D eigenvalue weighted by Crippen LogP contribution is 2.31. The fraction of sp³-hybridized carbons (Fsp3) is 0.241. The van der Waals surface area contributed by atoms with Crippen molar-refractivity contribution in [2.45, 2.75) is 17.4 Å². The summed E-state index contributed by atoms with van der Waals surface area (Å²) in [7, 11) is 4.47.